The predicted molar refractivity (Wildman–Crippen MR) is 69.6 cm³/mol. The lowest BCUT2D eigenvalue weighted by Crippen LogP contribution is -2.06. The molecule has 0 saturated carbocycles. The van der Waals surface area contributed by atoms with Crippen molar-refractivity contribution < 1.29 is 14.3 Å². The number of nitrogens with zero attached hydrogens (tertiary/aromatic N) is 2. The van der Waals surface area contributed by atoms with E-state index in [1.54, 1.807) is 12.5 Å². The smallest absolute Gasteiger partial charge is 0.302 e. The van der Waals surface area contributed by atoms with Gasteiger partial charge in [0.25, 0.3) is 0 Å². The highest BCUT2D eigenvalue weighted by Crippen LogP contribution is 2.13. The minimum atomic E-state index is -0.277. The second kappa shape index (κ2) is 6.58. The lowest BCUT2D eigenvalue weighted by Gasteiger charge is -2.07. The van der Waals surface area contributed by atoms with Gasteiger partial charge in [-0.1, -0.05) is 12.1 Å². The molecule has 0 fully saturated rings. The van der Waals surface area contributed by atoms with Gasteiger partial charge in [-0.3, -0.25) is 4.79 Å². The molecule has 2 aromatic rings. The fourth-order valence-electron chi connectivity index (χ4n) is 1.55. The maximum atomic E-state index is 10.7. The first kappa shape index (κ1) is 13.1. The molecule has 19 heavy (non-hydrogen) atoms. The van der Waals surface area contributed by atoms with Crippen molar-refractivity contribution in [2.45, 2.75) is 20.1 Å². The topological polar surface area (TPSA) is 53.4 Å². The number of carbonyl (C=O) groups excluding carboxylic acids is 1. The fraction of sp³-hybridized carbons (Fsp3) is 0.286. The molecule has 0 atom stereocenters. The number of rotatable bonds is 6. The number of benzene rings is 1. The second-order valence-corrected chi connectivity index (χ2v) is 4.07. The monoisotopic (exact) mass is 260 g/mol. The lowest BCUT2D eigenvalue weighted by molar-refractivity contribution is -0.142. The van der Waals surface area contributed by atoms with Gasteiger partial charge in [-0.15, -0.1) is 0 Å². The number of esters is 1. The van der Waals surface area contributed by atoms with Crippen LogP contribution in [0.3, 0.4) is 0 Å². The Hall–Kier alpha value is -2.30. The van der Waals surface area contributed by atoms with E-state index in [4.69, 9.17) is 9.47 Å². The Morgan fingerprint density at radius 3 is 2.74 bits per heavy atom. The van der Waals surface area contributed by atoms with Crippen molar-refractivity contribution in [1.29, 1.82) is 0 Å². The van der Waals surface area contributed by atoms with Crippen molar-refractivity contribution >= 4 is 5.97 Å². The molecule has 0 saturated heterocycles. The average molecular weight is 260 g/mol. The molecule has 0 radical (unpaired) electrons. The summed E-state index contributed by atoms with van der Waals surface area (Å²) in [4.78, 5) is 14.6. The SMILES string of the molecule is CC(=O)OCc1ccc(OCCn2ccnc2)cc1. The fourth-order valence-corrected chi connectivity index (χ4v) is 1.55. The van der Waals surface area contributed by atoms with Gasteiger partial charge in [-0.25, -0.2) is 4.98 Å². The maximum absolute atomic E-state index is 10.7. The number of aromatic nitrogens is 2. The quantitative estimate of drug-likeness (QED) is 0.746. The van der Waals surface area contributed by atoms with Gasteiger partial charge in [-0.2, -0.15) is 0 Å². The average Bonchev–Trinajstić information content (AvgIpc) is 2.91. The highest BCUT2D eigenvalue weighted by molar-refractivity contribution is 5.65. The summed E-state index contributed by atoms with van der Waals surface area (Å²) >= 11 is 0. The molecule has 5 nitrogen and oxygen atoms in total. The van der Waals surface area contributed by atoms with E-state index in [-0.39, 0.29) is 5.97 Å². The number of hydrogen-bond acceptors (Lipinski definition) is 4. The molecule has 0 aliphatic carbocycles. The van der Waals surface area contributed by atoms with E-state index in [1.165, 1.54) is 6.92 Å². The van der Waals surface area contributed by atoms with Gasteiger partial charge in [0.2, 0.25) is 0 Å². The van der Waals surface area contributed by atoms with Crippen LogP contribution in [0.2, 0.25) is 0 Å². The molecule has 1 aromatic heterocycles. The van der Waals surface area contributed by atoms with Crippen molar-refractivity contribution in [3.05, 3.63) is 48.5 Å². The molecule has 0 unspecified atom stereocenters. The summed E-state index contributed by atoms with van der Waals surface area (Å²) in [5, 5.41) is 0. The van der Waals surface area contributed by atoms with Crippen molar-refractivity contribution in [1.82, 2.24) is 9.55 Å². The molecule has 0 N–H and O–H groups in total. The number of carbonyl (C=O) groups is 1. The largest absolute Gasteiger partial charge is 0.492 e. The van der Waals surface area contributed by atoms with Crippen LogP contribution in [0.25, 0.3) is 0 Å². The standard InChI is InChI=1S/C14H16N2O3/c1-12(17)19-10-13-2-4-14(5-3-13)18-9-8-16-7-6-15-11-16/h2-7,11H,8-10H2,1H3. The van der Waals surface area contributed by atoms with E-state index in [0.717, 1.165) is 17.9 Å². The molecule has 100 valence electrons. The third-order valence-electron chi connectivity index (χ3n) is 2.54. The van der Waals surface area contributed by atoms with Gasteiger partial charge < -0.3 is 14.0 Å². The van der Waals surface area contributed by atoms with Crippen LogP contribution >= 0.6 is 0 Å². The van der Waals surface area contributed by atoms with Gasteiger partial charge in [0.05, 0.1) is 12.9 Å². The predicted octanol–water partition coefficient (Wildman–Crippen LogP) is 2.03. The van der Waals surface area contributed by atoms with Crippen LogP contribution in [0, 0.1) is 0 Å². The third kappa shape index (κ3) is 4.46. The third-order valence-corrected chi connectivity index (χ3v) is 2.54. The molecule has 5 heteroatoms. The Balaban J connectivity index is 1.76. The van der Waals surface area contributed by atoms with Crippen LogP contribution in [0.15, 0.2) is 43.0 Å². The molecular formula is C14H16N2O3. The first-order valence-electron chi connectivity index (χ1n) is 6.05. The van der Waals surface area contributed by atoms with Crippen LogP contribution in [0.5, 0.6) is 5.75 Å². The summed E-state index contributed by atoms with van der Waals surface area (Å²) in [5.41, 5.74) is 0.942. The molecule has 0 amide bonds. The molecular weight excluding hydrogens is 244 g/mol. The summed E-state index contributed by atoms with van der Waals surface area (Å²) in [7, 11) is 0. The van der Waals surface area contributed by atoms with Crippen LogP contribution in [-0.4, -0.2) is 22.1 Å². The first-order valence-corrected chi connectivity index (χ1v) is 6.05. The Morgan fingerprint density at radius 2 is 2.11 bits per heavy atom. The van der Waals surface area contributed by atoms with Crippen LogP contribution in [0.4, 0.5) is 0 Å². The van der Waals surface area contributed by atoms with Crippen molar-refractivity contribution in [3.8, 4) is 5.75 Å². The maximum Gasteiger partial charge on any atom is 0.302 e. The highest BCUT2D eigenvalue weighted by atomic mass is 16.5. The van der Waals surface area contributed by atoms with E-state index in [9.17, 15) is 4.79 Å². The second-order valence-electron chi connectivity index (χ2n) is 4.07. The summed E-state index contributed by atoms with van der Waals surface area (Å²) in [6.45, 7) is 3.03. The van der Waals surface area contributed by atoms with Gasteiger partial charge in [0.15, 0.2) is 0 Å². The van der Waals surface area contributed by atoms with Crippen LogP contribution in [-0.2, 0) is 22.7 Å². The Morgan fingerprint density at radius 1 is 1.32 bits per heavy atom. The van der Waals surface area contributed by atoms with E-state index in [0.29, 0.717) is 13.2 Å². The summed E-state index contributed by atoms with van der Waals surface area (Å²) in [6.07, 6.45) is 5.39. The minimum Gasteiger partial charge on any atom is -0.492 e. The van der Waals surface area contributed by atoms with Gasteiger partial charge in [-0.05, 0) is 17.7 Å². The molecule has 0 aliphatic rings. The van der Waals surface area contributed by atoms with E-state index in [1.807, 2.05) is 35.0 Å². The highest BCUT2D eigenvalue weighted by Gasteiger charge is 1.98. The minimum absolute atomic E-state index is 0.277. The molecule has 0 aliphatic heterocycles. The Bertz CT molecular complexity index is 506. The van der Waals surface area contributed by atoms with Crippen LogP contribution in [0.1, 0.15) is 12.5 Å². The zero-order valence-corrected chi connectivity index (χ0v) is 10.8. The zero-order valence-electron chi connectivity index (χ0n) is 10.8. The Kier molecular flexibility index (Phi) is 4.55. The molecule has 2 rings (SSSR count). The normalized spacial score (nSPS) is 10.2. The molecule has 1 aromatic carbocycles. The van der Waals surface area contributed by atoms with E-state index in [2.05, 4.69) is 4.98 Å². The summed E-state index contributed by atoms with van der Waals surface area (Å²) < 4.78 is 12.5. The summed E-state index contributed by atoms with van der Waals surface area (Å²) in [6, 6.07) is 7.50. The number of ether oxygens (including phenoxy) is 2. The summed E-state index contributed by atoms with van der Waals surface area (Å²) in [5.74, 6) is 0.521. The van der Waals surface area contributed by atoms with Crippen molar-refractivity contribution in [3.63, 3.8) is 0 Å². The van der Waals surface area contributed by atoms with Crippen LogP contribution < -0.4 is 4.74 Å². The number of imidazole rings is 1. The molecule has 1 heterocycles. The van der Waals surface area contributed by atoms with Crippen molar-refractivity contribution in [2.24, 2.45) is 0 Å². The Labute approximate surface area is 111 Å². The van der Waals surface area contributed by atoms with E-state index < -0.39 is 0 Å². The zero-order chi connectivity index (χ0) is 13.5. The van der Waals surface area contributed by atoms with Gasteiger partial charge in [0, 0.05) is 19.3 Å². The van der Waals surface area contributed by atoms with Gasteiger partial charge >= 0.3 is 5.97 Å². The molecule has 0 spiro atoms. The number of hydrogen-bond donors (Lipinski definition) is 0. The van der Waals surface area contributed by atoms with Crippen molar-refractivity contribution in [2.75, 3.05) is 6.61 Å². The van der Waals surface area contributed by atoms with E-state index >= 15 is 0 Å². The van der Waals surface area contributed by atoms with Gasteiger partial charge in [0.1, 0.15) is 19.0 Å². The molecule has 0 bridgehead atoms. The first-order chi connectivity index (χ1) is 9.24. The lowest BCUT2D eigenvalue weighted by atomic mass is 10.2.